The van der Waals surface area contributed by atoms with E-state index in [4.69, 9.17) is 4.74 Å². The number of piperidine rings is 1. The number of carbonyl (C=O) groups excluding carboxylic acids is 2. The molecular weight excluding hydrogens is 356 g/mol. The number of anilines is 1. The first-order valence-corrected chi connectivity index (χ1v) is 9.37. The monoisotopic (exact) mass is 381 g/mol. The van der Waals surface area contributed by atoms with Crippen molar-refractivity contribution in [2.24, 2.45) is 5.92 Å². The lowest BCUT2D eigenvalue weighted by atomic mass is 9.96. The van der Waals surface area contributed by atoms with Gasteiger partial charge in [0.25, 0.3) is 0 Å². The van der Waals surface area contributed by atoms with Gasteiger partial charge < -0.3 is 19.9 Å². The molecular formula is C19H25F2N3O3. The highest BCUT2D eigenvalue weighted by molar-refractivity contribution is 5.90. The maximum atomic E-state index is 13.2. The van der Waals surface area contributed by atoms with Crippen LogP contribution in [0.3, 0.4) is 0 Å². The highest BCUT2D eigenvalue weighted by Gasteiger charge is 2.30. The second-order valence-corrected chi connectivity index (χ2v) is 7.00. The molecule has 0 spiro atoms. The largest absolute Gasteiger partial charge is 0.378 e. The predicted molar refractivity (Wildman–Crippen MR) is 96.2 cm³/mol. The second kappa shape index (κ2) is 9.23. The van der Waals surface area contributed by atoms with Crippen molar-refractivity contribution in [2.45, 2.75) is 19.3 Å². The maximum Gasteiger partial charge on any atom is 0.227 e. The molecule has 8 heteroatoms. The first-order valence-electron chi connectivity index (χ1n) is 9.37. The normalized spacial score (nSPS) is 21.1. The van der Waals surface area contributed by atoms with Crippen LogP contribution in [0.1, 0.15) is 19.3 Å². The van der Waals surface area contributed by atoms with Gasteiger partial charge in [0, 0.05) is 44.4 Å². The summed E-state index contributed by atoms with van der Waals surface area (Å²) in [6.45, 7) is 4.50. The minimum atomic E-state index is -0.992. The van der Waals surface area contributed by atoms with E-state index in [1.165, 1.54) is 6.07 Å². The zero-order chi connectivity index (χ0) is 19.2. The van der Waals surface area contributed by atoms with E-state index in [2.05, 4.69) is 10.2 Å². The van der Waals surface area contributed by atoms with Gasteiger partial charge in [-0.2, -0.15) is 0 Å². The lowest BCUT2D eigenvalue weighted by Crippen LogP contribution is -2.48. The number of nitrogens with zero attached hydrogens (tertiary/aromatic N) is 2. The quantitative estimate of drug-likeness (QED) is 0.846. The number of nitrogens with one attached hydrogen (secondary N) is 1. The molecule has 2 aliphatic rings. The van der Waals surface area contributed by atoms with E-state index in [1.807, 2.05) is 4.90 Å². The van der Waals surface area contributed by atoms with Crippen LogP contribution in [0.15, 0.2) is 18.2 Å². The molecule has 0 aliphatic carbocycles. The van der Waals surface area contributed by atoms with Crippen molar-refractivity contribution >= 4 is 17.5 Å². The van der Waals surface area contributed by atoms with Crippen LogP contribution < -0.4 is 5.32 Å². The van der Waals surface area contributed by atoms with Gasteiger partial charge in [0.15, 0.2) is 11.6 Å². The van der Waals surface area contributed by atoms with E-state index in [-0.39, 0.29) is 29.8 Å². The van der Waals surface area contributed by atoms with Crippen LogP contribution >= 0.6 is 0 Å². The fourth-order valence-corrected chi connectivity index (χ4v) is 3.56. The van der Waals surface area contributed by atoms with Gasteiger partial charge in [-0.25, -0.2) is 8.78 Å². The summed E-state index contributed by atoms with van der Waals surface area (Å²) >= 11 is 0. The zero-order valence-electron chi connectivity index (χ0n) is 15.3. The average Bonchev–Trinajstić information content (AvgIpc) is 2.69. The van der Waals surface area contributed by atoms with Crippen LogP contribution in [0.5, 0.6) is 0 Å². The first-order chi connectivity index (χ1) is 13.0. The number of carbonyl (C=O) groups is 2. The van der Waals surface area contributed by atoms with Gasteiger partial charge in [-0.05, 0) is 31.5 Å². The summed E-state index contributed by atoms with van der Waals surface area (Å²) in [6.07, 6.45) is 2.02. The Kier molecular flexibility index (Phi) is 6.73. The number of ether oxygens (including phenoxy) is 1. The Hall–Kier alpha value is -2.06. The molecule has 1 N–H and O–H groups in total. The number of morpholine rings is 1. The fourth-order valence-electron chi connectivity index (χ4n) is 3.56. The van der Waals surface area contributed by atoms with Crippen molar-refractivity contribution in [2.75, 3.05) is 51.3 Å². The van der Waals surface area contributed by atoms with Crippen LogP contribution in [-0.2, 0) is 14.3 Å². The van der Waals surface area contributed by atoms with Gasteiger partial charge in [-0.1, -0.05) is 0 Å². The molecule has 0 radical (unpaired) electrons. The lowest BCUT2D eigenvalue weighted by Gasteiger charge is -2.36. The molecule has 2 heterocycles. The van der Waals surface area contributed by atoms with Crippen molar-refractivity contribution in [1.29, 1.82) is 0 Å². The van der Waals surface area contributed by atoms with E-state index in [1.54, 1.807) is 0 Å². The fraction of sp³-hybridized carbons (Fsp3) is 0.579. The number of hydrogen-bond acceptors (Lipinski definition) is 4. The Balaban J connectivity index is 1.45. The van der Waals surface area contributed by atoms with Crippen molar-refractivity contribution < 1.29 is 23.1 Å². The van der Waals surface area contributed by atoms with Gasteiger partial charge in [0.1, 0.15) is 0 Å². The molecule has 0 unspecified atom stereocenters. The smallest absolute Gasteiger partial charge is 0.227 e. The van der Waals surface area contributed by atoms with Crippen LogP contribution in [0.4, 0.5) is 14.5 Å². The molecule has 1 atom stereocenters. The van der Waals surface area contributed by atoms with Gasteiger partial charge in [-0.3, -0.25) is 9.59 Å². The summed E-state index contributed by atoms with van der Waals surface area (Å²) in [5.41, 5.74) is 0.234. The van der Waals surface area contributed by atoms with E-state index in [9.17, 15) is 18.4 Å². The summed E-state index contributed by atoms with van der Waals surface area (Å²) in [7, 11) is 0. The summed E-state index contributed by atoms with van der Waals surface area (Å²) in [5.74, 6) is -2.06. The number of hydrogen-bond donors (Lipinski definition) is 1. The highest BCUT2D eigenvalue weighted by Crippen LogP contribution is 2.20. The Morgan fingerprint density at radius 2 is 1.93 bits per heavy atom. The van der Waals surface area contributed by atoms with Crippen molar-refractivity contribution in [1.82, 2.24) is 9.80 Å². The van der Waals surface area contributed by atoms with Crippen molar-refractivity contribution in [3.05, 3.63) is 29.8 Å². The highest BCUT2D eigenvalue weighted by atomic mass is 19.2. The standard InChI is InChI=1S/C19H25F2N3O3/c20-16-4-3-15(12-17(16)21)22-18(25)5-7-23-6-1-2-14(13-23)19(26)24-8-10-27-11-9-24/h3-4,12,14H,1-2,5-11,13H2,(H,22,25)/t14-/m0/s1. The molecule has 0 bridgehead atoms. The molecule has 0 saturated carbocycles. The number of benzene rings is 1. The summed E-state index contributed by atoms with van der Waals surface area (Å²) in [4.78, 5) is 28.7. The molecule has 148 valence electrons. The number of amides is 2. The van der Waals surface area contributed by atoms with E-state index in [0.29, 0.717) is 39.4 Å². The number of halogens is 2. The van der Waals surface area contributed by atoms with E-state index >= 15 is 0 Å². The average molecular weight is 381 g/mol. The maximum absolute atomic E-state index is 13.2. The van der Waals surface area contributed by atoms with Crippen LogP contribution in [0.2, 0.25) is 0 Å². The second-order valence-electron chi connectivity index (χ2n) is 7.00. The Bertz CT molecular complexity index is 680. The zero-order valence-corrected chi connectivity index (χ0v) is 15.3. The molecule has 0 aromatic heterocycles. The van der Waals surface area contributed by atoms with E-state index in [0.717, 1.165) is 31.5 Å². The van der Waals surface area contributed by atoms with Gasteiger partial charge in [-0.15, -0.1) is 0 Å². The molecule has 2 amide bonds. The van der Waals surface area contributed by atoms with Gasteiger partial charge in [0.05, 0.1) is 19.1 Å². The minimum absolute atomic E-state index is 0.0360. The Morgan fingerprint density at radius 1 is 1.15 bits per heavy atom. The topological polar surface area (TPSA) is 61.9 Å². The molecule has 1 aromatic rings. The number of rotatable bonds is 5. The summed E-state index contributed by atoms with van der Waals surface area (Å²) < 4.78 is 31.4. The van der Waals surface area contributed by atoms with E-state index < -0.39 is 11.6 Å². The third-order valence-corrected chi connectivity index (χ3v) is 5.04. The van der Waals surface area contributed by atoms with Gasteiger partial charge >= 0.3 is 0 Å². The summed E-state index contributed by atoms with van der Waals surface area (Å²) in [6, 6.07) is 3.27. The van der Waals surface area contributed by atoms with Crippen LogP contribution in [-0.4, -0.2) is 67.6 Å². The van der Waals surface area contributed by atoms with Crippen LogP contribution in [0.25, 0.3) is 0 Å². The van der Waals surface area contributed by atoms with Crippen LogP contribution in [0, 0.1) is 17.6 Å². The molecule has 6 nitrogen and oxygen atoms in total. The molecule has 2 aliphatic heterocycles. The molecule has 27 heavy (non-hydrogen) atoms. The predicted octanol–water partition coefficient (Wildman–Crippen LogP) is 1.86. The third kappa shape index (κ3) is 5.46. The number of likely N-dealkylation sites (tertiary alicyclic amines) is 1. The first kappa shape index (κ1) is 19.7. The third-order valence-electron chi connectivity index (χ3n) is 5.04. The Labute approximate surface area is 157 Å². The Morgan fingerprint density at radius 3 is 2.67 bits per heavy atom. The molecule has 2 saturated heterocycles. The van der Waals surface area contributed by atoms with Crippen molar-refractivity contribution in [3.63, 3.8) is 0 Å². The lowest BCUT2D eigenvalue weighted by molar-refractivity contribution is -0.141. The van der Waals surface area contributed by atoms with Gasteiger partial charge in [0.2, 0.25) is 11.8 Å². The SMILES string of the molecule is O=C(CCN1CCC[C@H](C(=O)N2CCOCC2)C1)Nc1ccc(F)c(F)c1. The minimum Gasteiger partial charge on any atom is -0.378 e. The molecule has 3 rings (SSSR count). The van der Waals surface area contributed by atoms with Crippen molar-refractivity contribution in [3.8, 4) is 0 Å². The summed E-state index contributed by atoms with van der Waals surface area (Å²) in [5, 5.41) is 2.57. The molecule has 1 aromatic carbocycles. The molecule has 2 fully saturated rings.